The van der Waals surface area contributed by atoms with E-state index in [4.69, 9.17) is 16.0 Å². The van der Waals surface area contributed by atoms with Gasteiger partial charge in [-0.05, 0) is 66.3 Å². The fourth-order valence-corrected chi connectivity index (χ4v) is 4.35. The van der Waals surface area contributed by atoms with Gasteiger partial charge in [0.05, 0.1) is 25.0 Å². The first-order valence-corrected chi connectivity index (χ1v) is 10.7. The summed E-state index contributed by atoms with van der Waals surface area (Å²) in [5.74, 6) is 0. The second-order valence-corrected chi connectivity index (χ2v) is 8.47. The molecule has 3 aromatic carbocycles. The van der Waals surface area contributed by atoms with E-state index in [0.717, 1.165) is 49.7 Å². The number of aryl methyl sites for hydroxylation is 3. The maximum atomic E-state index is 7.32. The second kappa shape index (κ2) is 7.04. The highest BCUT2D eigenvalue weighted by Crippen LogP contribution is 2.39. The number of pyridine rings is 1. The van der Waals surface area contributed by atoms with E-state index in [-0.39, 0.29) is 0 Å². The summed E-state index contributed by atoms with van der Waals surface area (Å²) in [4.78, 5) is 8.27. The van der Waals surface area contributed by atoms with E-state index in [1.54, 1.807) is 0 Å². The molecule has 0 saturated carbocycles. The van der Waals surface area contributed by atoms with E-state index in [1.807, 2.05) is 53.0 Å². The summed E-state index contributed by atoms with van der Waals surface area (Å²) in [6.07, 6.45) is 9.15. The van der Waals surface area contributed by atoms with E-state index in [1.165, 1.54) is 11.1 Å². The number of furan rings is 1. The summed E-state index contributed by atoms with van der Waals surface area (Å²) in [6.45, 7) is 11.5. The molecule has 0 fully saturated rings. The molecule has 0 bridgehead atoms. The molecular weight excluding hydrogens is 408 g/mol. The first kappa shape index (κ1) is 19.3. The molecule has 3 heterocycles. The molecule has 0 unspecified atom stereocenters. The van der Waals surface area contributed by atoms with Crippen molar-refractivity contribution in [3.05, 3.63) is 96.0 Å². The summed E-state index contributed by atoms with van der Waals surface area (Å²) in [6, 6.07) is 16.3. The third kappa shape index (κ3) is 3.00. The van der Waals surface area contributed by atoms with Gasteiger partial charge in [0.25, 0.3) is 0 Å². The molecule has 0 aliphatic carbocycles. The molecule has 6 rings (SSSR count). The van der Waals surface area contributed by atoms with Gasteiger partial charge < -0.3 is 13.6 Å². The molecule has 0 aliphatic rings. The lowest BCUT2D eigenvalue weighted by Gasteiger charge is -2.09. The number of benzene rings is 3. The largest absolute Gasteiger partial charge is 0.461 e. The fraction of sp³-hybridized carbons (Fsp3) is 0.107. The van der Waals surface area contributed by atoms with Crippen LogP contribution in [0.1, 0.15) is 11.1 Å². The molecule has 158 valence electrons. The van der Waals surface area contributed by atoms with Crippen LogP contribution in [0.25, 0.3) is 54.5 Å². The number of nitrogens with zero attached hydrogens (tertiary/aromatic N) is 4. The van der Waals surface area contributed by atoms with Gasteiger partial charge in [0.2, 0.25) is 6.33 Å². The minimum atomic E-state index is 0.621. The minimum absolute atomic E-state index is 0.621. The van der Waals surface area contributed by atoms with Crippen LogP contribution < -0.4 is 4.57 Å². The van der Waals surface area contributed by atoms with E-state index >= 15 is 0 Å². The average molecular weight is 428 g/mol. The Morgan fingerprint density at radius 1 is 0.970 bits per heavy atom. The summed E-state index contributed by atoms with van der Waals surface area (Å²) in [7, 11) is 1.95. The number of hydrogen-bond donors (Lipinski definition) is 0. The first-order chi connectivity index (χ1) is 16.0. The number of rotatable bonds is 2. The maximum absolute atomic E-state index is 7.32. The van der Waals surface area contributed by atoms with Gasteiger partial charge in [0.1, 0.15) is 11.2 Å². The molecule has 5 heteroatoms. The van der Waals surface area contributed by atoms with Crippen molar-refractivity contribution in [3.63, 3.8) is 0 Å². The smallest absolute Gasteiger partial charge is 0.243 e. The Bertz CT molecular complexity index is 1760. The van der Waals surface area contributed by atoms with Crippen LogP contribution in [0.3, 0.4) is 0 Å². The zero-order valence-electron chi connectivity index (χ0n) is 18.5. The van der Waals surface area contributed by atoms with Crippen LogP contribution in [0.4, 0.5) is 5.69 Å². The van der Waals surface area contributed by atoms with Crippen molar-refractivity contribution in [2.24, 2.45) is 7.05 Å². The second-order valence-electron chi connectivity index (χ2n) is 8.47. The van der Waals surface area contributed by atoms with Crippen LogP contribution in [0.15, 0.2) is 71.5 Å². The number of hydrogen-bond acceptors (Lipinski definition) is 2. The standard InChI is InChI=1S/C28H20N4O/c1-17-11-25(30-15-18(17)2)20-13-24-23-7-5-19-12-21(29-3)6-8-22(19)27(23)33-28(24)26(14-20)32-10-9-31(4)16-32/h5-15H,1-2,4H3. The number of fused-ring (bicyclic) bond motifs is 5. The molecule has 0 N–H and O–H groups in total. The Labute approximate surface area is 191 Å². The molecule has 0 atom stereocenters. The Hall–Kier alpha value is -4.43. The Balaban J connectivity index is 1.71. The van der Waals surface area contributed by atoms with Gasteiger partial charge in [-0.25, -0.2) is 4.85 Å². The van der Waals surface area contributed by atoms with Gasteiger partial charge >= 0.3 is 0 Å². The summed E-state index contributed by atoms with van der Waals surface area (Å²) < 4.78 is 10.4. The van der Waals surface area contributed by atoms with Crippen molar-refractivity contribution in [1.29, 1.82) is 0 Å². The zero-order valence-corrected chi connectivity index (χ0v) is 18.5. The van der Waals surface area contributed by atoms with Crippen LogP contribution in [-0.2, 0) is 7.05 Å². The Morgan fingerprint density at radius 3 is 2.58 bits per heavy atom. The average Bonchev–Trinajstić information content (AvgIpc) is 3.43. The monoisotopic (exact) mass is 428 g/mol. The molecule has 0 saturated heterocycles. The molecule has 3 aromatic heterocycles. The van der Waals surface area contributed by atoms with E-state index in [0.29, 0.717) is 5.69 Å². The first-order valence-electron chi connectivity index (χ1n) is 10.7. The summed E-state index contributed by atoms with van der Waals surface area (Å²) in [5.41, 5.74) is 7.48. The van der Waals surface area contributed by atoms with Gasteiger partial charge in [-0.3, -0.25) is 4.98 Å². The topological polar surface area (TPSA) is 39.2 Å². The van der Waals surface area contributed by atoms with Crippen LogP contribution >= 0.6 is 0 Å². The predicted octanol–water partition coefficient (Wildman–Crippen LogP) is 6.38. The van der Waals surface area contributed by atoms with Gasteiger partial charge in [-0.15, -0.1) is 0 Å². The zero-order chi connectivity index (χ0) is 22.7. The van der Waals surface area contributed by atoms with Crippen molar-refractivity contribution < 1.29 is 8.98 Å². The van der Waals surface area contributed by atoms with E-state index in [2.05, 4.69) is 55.4 Å². The van der Waals surface area contributed by atoms with E-state index < -0.39 is 0 Å². The van der Waals surface area contributed by atoms with Gasteiger partial charge in [-0.1, -0.05) is 18.2 Å². The lowest BCUT2D eigenvalue weighted by atomic mass is 10.0. The SMILES string of the molecule is [C-]#[N+]c1ccc2c(ccc3c4cc(-c5cc(C)c(C)cn5)cc(-n5[c-][n+](C)cc5)c4oc23)c1. The van der Waals surface area contributed by atoms with Crippen LogP contribution in [0.2, 0.25) is 0 Å². The van der Waals surface area contributed by atoms with Crippen LogP contribution in [0, 0.1) is 26.7 Å². The number of imidazole rings is 1. The summed E-state index contributed by atoms with van der Waals surface area (Å²) in [5, 5.41) is 4.05. The highest BCUT2D eigenvalue weighted by Gasteiger charge is 2.17. The quantitative estimate of drug-likeness (QED) is 0.237. The summed E-state index contributed by atoms with van der Waals surface area (Å²) >= 11 is 0. The minimum Gasteiger partial charge on any atom is -0.461 e. The van der Waals surface area contributed by atoms with Gasteiger partial charge in [-0.2, -0.15) is 0 Å². The molecule has 33 heavy (non-hydrogen) atoms. The highest BCUT2D eigenvalue weighted by atomic mass is 16.3. The normalized spacial score (nSPS) is 11.5. The molecule has 0 radical (unpaired) electrons. The van der Waals surface area contributed by atoms with Gasteiger partial charge in [0, 0.05) is 34.7 Å². The lowest BCUT2D eigenvalue weighted by molar-refractivity contribution is -0.674. The van der Waals surface area contributed by atoms with Crippen molar-refractivity contribution in [1.82, 2.24) is 9.55 Å². The van der Waals surface area contributed by atoms with Crippen LogP contribution in [-0.4, -0.2) is 9.55 Å². The highest BCUT2D eigenvalue weighted by molar-refractivity contribution is 6.17. The van der Waals surface area contributed by atoms with Crippen molar-refractivity contribution in [2.75, 3.05) is 0 Å². The lowest BCUT2D eigenvalue weighted by Crippen LogP contribution is -2.24. The molecule has 0 spiro atoms. The molecular formula is C28H20N4O. The van der Waals surface area contributed by atoms with E-state index in [9.17, 15) is 0 Å². The Morgan fingerprint density at radius 2 is 1.82 bits per heavy atom. The van der Waals surface area contributed by atoms with Crippen molar-refractivity contribution in [2.45, 2.75) is 13.8 Å². The predicted molar refractivity (Wildman–Crippen MR) is 130 cm³/mol. The van der Waals surface area contributed by atoms with Crippen LogP contribution in [0.5, 0.6) is 0 Å². The Kier molecular flexibility index (Phi) is 4.11. The van der Waals surface area contributed by atoms with Gasteiger partial charge in [0.15, 0.2) is 5.69 Å². The van der Waals surface area contributed by atoms with Crippen molar-refractivity contribution in [3.8, 4) is 16.9 Å². The number of aromatic nitrogens is 3. The molecule has 5 nitrogen and oxygen atoms in total. The van der Waals surface area contributed by atoms with Crippen molar-refractivity contribution >= 4 is 38.4 Å². The third-order valence-electron chi connectivity index (χ3n) is 6.28. The third-order valence-corrected chi connectivity index (χ3v) is 6.28. The molecule has 0 amide bonds. The maximum Gasteiger partial charge on any atom is 0.243 e. The fourth-order valence-electron chi connectivity index (χ4n) is 4.35. The molecule has 6 aromatic rings. The molecule has 0 aliphatic heterocycles.